The van der Waals surface area contributed by atoms with Crippen molar-refractivity contribution in [3.8, 4) is 11.5 Å². The summed E-state index contributed by atoms with van der Waals surface area (Å²) in [6.07, 6.45) is 3.71. The van der Waals surface area contributed by atoms with Gasteiger partial charge in [0.15, 0.2) is 0 Å². The van der Waals surface area contributed by atoms with Gasteiger partial charge in [-0.1, -0.05) is 24.3 Å². The van der Waals surface area contributed by atoms with Gasteiger partial charge in [-0.15, -0.1) is 0 Å². The summed E-state index contributed by atoms with van der Waals surface area (Å²) in [6.45, 7) is 0.481. The molecule has 130 valence electrons. The molecule has 0 atom stereocenters. The first-order valence-corrected chi connectivity index (χ1v) is 8.84. The molecule has 0 radical (unpaired) electrons. The van der Waals surface area contributed by atoms with E-state index in [9.17, 15) is 4.79 Å². The average molecular weight is 344 g/mol. The zero-order chi connectivity index (χ0) is 17.8. The van der Waals surface area contributed by atoms with E-state index >= 15 is 0 Å². The van der Waals surface area contributed by atoms with Gasteiger partial charge in [0.05, 0.1) is 12.2 Å². The Kier molecular flexibility index (Phi) is 4.65. The lowest BCUT2D eigenvalue weighted by Gasteiger charge is -2.23. The number of carbonyl (C=O) groups is 1. The van der Waals surface area contributed by atoms with Gasteiger partial charge >= 0.3 is 0 Å². The Morgan fingerprint density at radius 2 is 1.62 bits per heavy atom. The zero-order valence-corrected chi connectivity index (χ0v) is 14.4. The van der Waals surface area contributed by atoms with Crippen LogP contribution in [0.1, 0.15) is 18.5 Å². The number of rotatable bonds is 6. The maximum atomic E-state index is 12.8. The summed E-state index contributed by atoms with van der Waals surface area (Å²) in [7, 11) is 0. The average Bonchev–Trinajstić information content (AvgIpc) is 3.53. The second-order valence-electron chi connectivity index (χ2n) is 6.43. The molecule has 1 heterocycles. The van der Waals surface area contributed by atoms with Crippen LogP contribution in [-0.4, -0.2) is 10.9 Å². The highest BCUT2D eigenvalue weighted by molar-refractivity contribution is 5.96. The van der Waals surface area contributed by atoms with Crippen LogP contribution in [0.15, 0.2) is 79.0 Å². The van der Waals surface area contributed by atoms with E-state index in [0.29, 0.717) is 6.54 Å². The van der Waals surface area contributed by atoms with Crippen molar-refractivity contribution in [1.29, 1.82) is 0 Å². The topological polar surface area (TPSA) is 42.4 Å². The molecule has 1 aliphatic rings. The second-order valence-corrected chi connectivity index (χ2v) is 6.43. The number of aromatic nitrogens is 1. The minimum absolute atomic E-state index is 0.152. The first-order chi connectivity index (χ1) is 12.8. The minimum atomic E-state index is 0.152. The van der Waals surface area contributed by atoms with Gasteiger partial charge in [-0.25, -0.2) is 0 Å². The van der Waals surface area contributed by atoms with E-state index < -0.39 is 0 Å². The normalized spacial score (nSPS) is 13.2. The van der Waals surface area contributed by atoms with Crippen LogP contribution in [0.3, 0.4) is 0 Å². The number of pyridine rings is 1. The Bertz CT molecular complexity index is 860. The van der Waals surface area contributed by atoms with Crippen LogP contribution in [0.25, 0.3) is 0 Å². The van der Waals surface area contributed by atoms with Gasteiger partial charge in [0.2, 0.25) is 5.91 Å². The van der Waals surface area contributed by atoms with Gasteiger partial charge in [-0.05, 0) is 61.4 Å². The van der Waals surface area contributed by atoms with Crippen LogP contribution in [0.4, 0.5) is 5.69 Å². The Hall–Kier alpha value is -3.14. The Morgan fingerprint density at radius 1 is 0.923 bits per heavy atom. The number of nitrogens with zero attached hydrogens (tertiary/aromatic N) is 2. The van der Waals surface area contributed by atoms with E-state index in [1.807, 2.05) is 77.7 Å². The zero-order valence-electron chi connectivity index (χ0n) is 14.4. The number of benzene rings is 2. The van der Waals surface area contributed by atoms with Crippen molar-refractivity contribution in [1.82, 2.24) is 4.98 Å². The monoisotopic (exact) mass is 344 g/mol. The summed E-state index contributed by atoms with van der Waals surface area (Å²) in [5.74, 6) is 1.86. The fourth-order valence-corrected chi connectivity index (χ4v) is 2.82. The number of para-hydroxylation sites is 1. The van der Waals surface area contributed by atoms with Crippen molar-refractivity contribution >= 4 is 11.6 Å². The molecule has 4 rings (SSSR count). The van der Waals surface area contributed by atoms with E-state index in [1.165, 1.54) is 0 Å². The van der Waals surface area contributed by atoms with Crippen LogP contribution in [-0.2, 0) is 11.3 Å². The molecular formula is C22H20N2O2. The van der Waals surface area contributed by atoms with Crippen molar-refractivity contribution in [2.75, 3.05) is 4.90 Å². The van der Waals surface area contributed by atoms with Gasteiger partial charge in [0.1, 0.15) is 11.5 Å². The highest BCUT2D eigenvalue weighted by Gasteiger charge is 2.34. The molecule has 0 aliphatic heterocycles. The molecule has 1 aromatic heterocycles. The van der Waals surface area contributed by atoms with E-state index in [0.717, 1.165) is 35.7 Å². The van der Waals surface area contributed by atoms with E-state index in [2.05, 4.69) is 4.98 Å². The van der Waals surface area contributed by atoms with Crippen molar-refractivity contribution in [2.45, 2.75) is 19.4 Å². The molecule has 0 bridgehead atoms. The fraction of sp³-hybridized carbons (Fsp3) is 0.182. The number of amides is 1. The lowest BCUT2D eigenvalue weighted by atomic mass is 10.2. The molecule has 0 N–H and O–H groups in total. The fourth-order valence-electron chi connectivity index (χ4n) is 2.82. The number of carbonyl (C=O) groups excluding carboxylic acids is 1. The summed E-state index contributed by atoms with van der Waals surface area (Å²) in [5.41, 5.74) is 1.75. The molecule has 2 aromatic carbocycles. The molecule has 0 saturated heterocycles. The van der Waals surface area contributed by atoms with Crippen LogP contribution in [0.2, 0.25) is 0 Å². The van der Waals surface area contributed by atoms with Crippen LogP contribution in [0, 0.1) is 5.92 Å². The van der Waals surface area contributed by atoms with Crippen molar-refractivity contribution in [3.63, 3.8) is 0 Å². The van der Waals surface area contributed by atoms with Crippen molar-refractivity contribution < 1.29 is 9.53 Å². The van der Waals surface area contributed by atoms with Gasteiger partial charge in [0.25, 0.3) is 0 Å². The Labute approximate surface area is 153 Å². The molecular weight excluding hydrogens is 324 g/mol. The van der Waals surface area contributed by atoms with Crippen LogP contribution < -0.4 is 9.64 Å². The van der Waals surface area contributed by atoms with Gasteiger partial charge in [-0.2, -0.15) is 0 Å². The summed E-state index contributed by atoms with van der Waals surface area (Å²) in [5, 5.41) is 0. The third-order valence-electron chi connectivity index (χ3n) is 4.37. The molecule has 0 spiro atoms. The van der Waals surface area contributed by atoms with Crippen molar-refractivity contribution in [2.24, 2.45) is 5.92 Å². The highest BCUT2D eigenvalue weighted by atomic mass is 16.5. The molecule has 0 unspecified atom stereocenters. The predicted molar refractivity (Wildman–Crippen MR) is 101 cm³/mol. The first-order valence-electron chi connectivity index (χ1n) is 8.84. The van der Waals surface area contributed by atoms with E-state index in [1.54, 1.807) is 6.20 Å². The summed E-state index contributed by atoms with van der Waals surface area (Å²) < 4.78 is 5.84. The predicted octanol–water partition coefficient (Wildman–Crippen LogP) is 4.82. The number of hydrogen-bond acceptors (Lipinski definition) is 3. The third kappa shape index (κ3) is 3.91. The second kappa shape index (κ2) is 7.40. The van der Waals surface area contributed by atoms with Crippen molar-refractivity contribution in [3.05, 3.63) is 84.7 Å². The molecule has 3 aromatic rings. The SMILES string of the molecule is O=C(C1CC1)N(Cc1ccccn1)c1ccc(Oc2ccccc2)cc1. The molecule has 1 amide bonds. The van der Waals surface area contributed by atoms with E-state index in [4.69, 9.17) is 4.74 Å². The largest absolute Gasteiger partial charge is 0.457 e. The smallest absolute Gasteiger partial charge is 0.230 e. The number of hydrogen-bond donors (Lipinski definition) is 0. The van der Waals surface area contributed by atoms with Crippen LogP contribution >= 0.6 is 0 Å². The third-order valence-corrected chi connectivity index (χ3v) is 4.37. The summed E-state index contributed by atoms with van der Waals surface area (Å²) in [6, 6.07) is 23.1. The molecule has 1 saturated carbocycles. The minimum Gasteiger partial charge on any atom is -0.457 e. The lowest BCUT2D eigenvalue weighted by Crippen LogP contribution is -2.31. The highest BCUT2D eigenvalue weighted by Crippen LogP contribution is 2.34. The number of ether oxygens (including phenoxy) is 1. The van der Waals surface area contributed by atoms with Crippen LogP contribution in [0.5, 0.6) is 11.5 Å². The molecule has 4 nitrogen and oxygen atoms in total. The van der Waals surface area contributed by atoms with E-state index in [-0.39, 0.29) is 11.8 Å². The lowest BCUT2D eigenvalue weighted by molar-refractivity contribution is -0.119. The molecule has 26 heavy (non-hydrogen) atoms. The quantitative estimate of drug-likeness (QED) is 0.644. The molecule has 1 aliphatic carbocycles. The maximum absolute atomic E-state index is 12.8. The Balaban J connectivity index is 1.54. The van der Waals surface area contributed by atoms with Gasteiger partial charge in [0, 0.05) is 17.8 Å². The molecule has 1 fully saturated rings. The molecule has 4 heteroatoms. The summed E-state index contributed by atoms with van der Waals surface area (Å²) in [4.78, 5) is 18.9. The Morgan fingerprint density at radius 3 is 2.27 bits per heavy atom. The van der Waals surface area contributed by atoms with Gasteiger partial charge < -0.3 is 9.64 Å². The maximum Gasteiger partial charge on any atom is 0.230 e. The summed E-state index contributed by atoms with van der Waals surface area (Å²) >= 11 is 0. The first kappa shape index (κ1) is 16.3. The standard InChI is InChI=1S/C22H20N2O2/c25-22(17-9-10-17)24(16-18-6-4-5-15-23-18)19-11-13-21(14-12-19)26-20-7-2-1-3-8-20/h1-8,11-15,17H,9-10,16H2. The number of anilines is 1. The van der Waals surface area contributed by atoms with Gasteiger partial charge in [-0.3, -0.25) is 9.78 Å².